The largest absolute Gasteiger partial charge is 1.00 e. The van der Waals surface area contributed by atoms with Crippen molar-refractivity contribution < 1.29 is 39.5 Å². The Morgan fingerprint density at radius 3 is 2.84 bits per heavy atom. The second kappa shape index (κ2) is 5.74. The van der Waals surface area contributed by atoms with Crippen LogP contribution in [0, 0.1) is 0 Å². The maximum absolute atomic E-state index is 10.8. The molecule has 1 aromatic carbocycles. The first-order valence-corrected chi connectivity index (χ1v) is 5.78. The number of rotatable bonds is 2. The SMILES string of the molecule is O=C([O-])c1ccc2c(c1)C=C(c1ncc[nH]1)CC2.[Na+]. The molecule has 19 heavy (non-hydrogen) atoms. The Morgan fingerprint density at radius 2 is 2.16 bits per heavy atom. The first-order valence-electron chi connectivity index (χ1n) is 5.78. The molecule has 1 aliphatic rings. The number of nitrogens with one attached hydrogen (secondary N) is 1. The third kappa shape index (κ3) is 2.81. The van der Waals surface area contributed by atoms with Gasteiger partial charge in [0.15, 0.2) is 0 Å². The number of aromatic nitrogens is 2. The van der Waals surface area contributed by atoms with Gasteiger partial charge in [-0.2, -0.15) is 0 Å². The summed E-state index contributed by atoms with van der Waals surface area (Å²) >= 11 is 0. The van der Waals surface area contributed by atoms with Crippen molar-refractivity contribution in [2.24, 2.45) is 0 Å². The third-order valence-electron chi connectivity index (χ3n) is 3.18. The number of allylic oxidation sites excluding steroid dienone is 1. The molecule has 0 atom stereocenters. The van der Waals surface area contributed by atoms with Gasteiger partial charge in [-0.3, -0.25) is 0 Å². The molecule has 0 bridgehead atoms. The standard InChI is InChI=1S/C14H12N2O2.Na/c17-14(18)11-4-2-9-1-3-10(7-12(9)8-11)13-15-5-6-16-13;/h2,4-8H,1,3H2,(H,15,16)(H,17,18);/q;+1/p-1. The minimum Gasteiger partial charge on any atom is -0.545 e. The maximum Gasteiger partial charge on any atom is 1.00 e. The summed E-state index contributed by atoms with van der Waals surface area (Å²) in [6.45, 7) is 0. The quantitative estimate of drug-likeness (QED) is 0.654. The fraction of sp³-hybridized carbons (Fsp3) is 0.143. The van der Waals surface area contributed by atoms with Gasteiger partial charge >= 0.3 is 29.6 Å². The monoisotopic (exact) mass is 262 g/mol. The van der Waals surface area contributed by atoms with E-state index in [-0.39, 0.29) is 35.1 Å². The zero-order chi connectivity index (χ0) is 12.5. The molecule has 1 heterocycles. The molecule has 0 aliphatic heterocycles. The number of aryl methyl sites for hydroxylation is 1. The van der Waals surface area contributed by atoms with E-state index in [1.807, 2.05) is 12.1 Å². The Labute approximate surface area is 132 Å². The van der Waals surface area contributed by atoms with Crippen molar-refractivity contribution in [3.63, 3.8) is 0 Å². The molecule has 0 fully saturated rings. The van der Waals surface area contributed by atoms with E-state index in [0.717, 1.165) is 35.4 Å². The molecule has 0 spiro atoms. The predicted octanol–water partition coefficient (Wildman–Crippen LogP) is -1.74. The van der Waals surface area contributed by atoms with Crippen molar-refractivity contribution in [3.8, 4) is 0 Å². The number of hydrogen-bond acceptors (Lipinski definition) is 3. The zero-order valence-corrected chi connectivity index (χ0v) is 12.6. The van der Waals surface area contributed by atoms with Crippen molar-refractivity contribution in [2.75, 3.05) is 0 Å². The Hall–Kier alpha value is -1.36. The van der Waals surface area contributed by atoms with E-state index in [2.05, 4.69) is 9.97 Å². The molecule has 5 heteroatoms. The maximum atomic E-state index is 10.8. The number of carbonyl (C=O) groups is 1. The smallest absolute Gasteiger partial charge is 0.545 e. The van der Waals surface area contributed by atoms with Gasteiger partial charge in [-0.05, 0) is 47.2 Å². The molecule has 0 unspecified atom stereocenters. The Morgan fingerprint density at radius 1 is 1.32 bits per heavy atom. The minimum atomic E-state index is -1.14. The van der Waals surface area contributed by atoms with Crippen LogP contribution >= 0.6 is 0 Å². The van der Waals surface area contributed by atoms with E-state index in [4.69, 9.17) is 0 Å². The van der Waals surface area contributed by atoms with Crippen LogP contribution in [0.4, 0.5) is 0 Å². The predicted molar refractivity (Wildman–Crippen MR) is 65.6 cm³/mol. The van der Waals surface area contributed by atoms with Gasteiger partial charge in [0.25, 0.3) is 0 Å². The van der Waals surface area contributed by atoms with E-state index < -0.39 is 5.97 Å². The van der Waals surface area contributed by atoms with Gasteiger partial charge in [0.2, 0.25) is 0 Å². The zero-order valence-electron chi connectivity index (χ0n) is 10.6. The van der Waals surface area contributed by atoms with Crippen LogP contribution in [0.2, 0.25) is 0 Å². The van der Waals surface area contributed by atoms with E-state index in [0.29, 0.717) is 0 Å². The molecule has 1 N–H and O–H groups in total. The van der Waals surface area contributed by atoms with E-state index >= 15 is 0 Å². The number of nitrogens with zero attached hydrogens (tertiary/aromatic N) is 1. The third-order valence-corrected chi connectivity index (χ3v) is 3.18. The average Bonchev–Trinajstić information content (AvgIpc) is 2.91. The molecule has 0 saturated carbocycles. The molecular weight excluding hydrogens is 251 g/mol. The number of H-pyrrole nitrogens is 1. The molecular formula is C14H11N2NaO2. The van der Waals surface area contributed by atoms with Gasteiger partial charge in [-0.1, -0.05) is 12.1 Å². The first kappa shape index (κ1) is 14.1. The average molecular weight is 262 g/mol. The van der Waals surface area contributed by atoms with Gasteiger partial charge in [0.1, 0.15) is 5.82 Å². The summed E-state index contributed by atoms with van der Waals surface area (Å²) in [5.41, 5.74) is 3.42. The number of aromatic amines is 1. The van der Waals surface area contributed by atoms with Gasteiger partial charge in [-0.15, -0.1) is 0 Å². The molecule has 1 aliphatic carbocycles. The van der Waals surface area contributed by atoms with Crippen LogP contribution in [-0.2, 0) is 6.42 Å². The number of imidazole rings is 1. The van der Waals surface area contributed by atoms with Gasteiger partial charge in [0, 0.05) is 12.4 Å². The number of hydrogen-bond donors (Lipinski definition) is 1. The summed E-state index contributed by atoms with van der Waals surface area (Å²) in [4.78, 5) is 18.1. The van der Waals surface area contributed by atoms with Crippen molar-refractivity contribution in [3.05, 3.63) is 53.1 Å². The van der Waals surface area contributed by atoms with Crippen molar-refractivity contribution in [2.45, 2.75) is 12.8 Å². The van der Waals surface area contributed by atoms with Crippen LogP contribution < -0.4 is 34.7 Å². The summed E-state index contributed by atoms with van der Waals surface area (Å²) in [6, 6.07) is 5.11. The molecule has 1 aromatic heterocycles. The summed E-state index contributed by atoms with van der Waals surface area (Å²) in [6.07, 6.45) is 7.29. The summed E-state index contributed by atoms with van der Waals surface area (Å²) in [5, 5.41) is 10.8. The minimum absolute atomic E-state index is 0. The second-order valence-electron chi connectivity index (χ2n) is 4.31. The van der Waals surface area contributed by atoms with Crippen LogP contribution in [0.1, 0.15) is 33.7 Å². The first-order chi connectivity index (χ1) is 8.74. The molecule has 0 saturated heterocycles. The normalized spacial score (nSPS) is 13.2. The van der Waals surface area contributed by atoms with Crippen molar-refractivity contribution in [1.29, 1.82) is 0 Å². The number of carbonyl (C=O) groups excluding carboxylic acids is 1. The molecule has 0 amide bonds. The molecule has 4 nitrogen and oxygen atoms in total. The number of fused-ring (bicyclic) bond motifs is 1. The molecule has 2 aromatic rings. The fourth-order valence-corrected chi connectivity index (χ4v) is 2.24. The van der Waals surface area contributed by atoms with Crippen LogP contribution in [0.15, 0.2) is 30.6 Å². The summed E-state index contributed by atoms with van der Waals surface area (Å²) < 4.78 is 0. The van der Waals surface area contributed by atoms with Gasteiger partial charge < -0.3 is 14.9 Å². The van der Waals surface area contributed by atoms with E-state index in [9.17, 15) is 9.90 Å². The van der Waals surface area contributed by atoms with Crippen LogP contribution in [0.3, 0.4) is 0 Å². The van der Waals surface area contributed by atoms with Crippen LogP contribution in [0.25, 0.3) is 11.6 Å². The second-order valence-corrected chi connectivity index (χ2v) is 4.31. The van der Waals surface area contributed by atoms with Crippen LogP contribution in [-0.4, -0.2) is 15.9 Å². The number of aromatic carboxylic acids is 1. The molecule has 3 rings (SSSR count). The summed E-state index contributed by atoms with van der Waals surface area (Å²) in [7, 11) is 0. The molecule has 0 radical (unpaired) electrons. The molecule has 90 valence electrons. The van der Waals surface area contributed by atoms with Crippen molar-refractivity contribution in [1.82, 2.24) is 9.97 Å². The fourth-order valence-electron chi connectivity index (χ4n) is 2.24. The van der Waals surface area contributed by atoms with E-state index in [1.54, 1.807) is 24.5 Å². The number of carboxylic acid groups (broad SMARTS) is 1. The van der Waals surface area contributed by atoms with E-state index in [1.165, 1.54) is 0 Å². The van der Waals surface area contributed by atoms with Gasteiger partial charge in [-0.25, -0.2) is 4.98 Å². The Kier molecular flexibility index (Phi) is 4.24. The van der Waals surface area contributed by atoms with Gasteiger partial charge in [0.05, 0.1) is 5.97 Å². The Bertz CT molecular complexity index is 633. The topological polar surface area (TPSA) is 68.8 Å². The Balaban J connectivity index is 0.00000133. The van der Waals surface area contributed by atoms with Crippen molar-refractivity contribution >= 4 is 17.6 Å². The number of benzene rings is 1. The summed E-state index contributed by atoms with van der Waals surface area (Å²) in [5.74, 6) is -0.296. The van der Waals surface area contributed by atoms with Crippen LogP contribution in [0.5, 0.6) is 0 Å². The number of carboxylic acids is 1.